The van der Waals surface area contributed by atoms with Crippen LogP contribution in [0, 0.1) is 0 Å². The molecule has 0 radical (unpaired) electrons. The number of nitrogens with zero attached hydrogens (tertiary/aromatic N) is 2. The molecule has 5 heteroatoms. The average molecular weight is 316 g/mol. The lowest BCUT2D eigenvalue weighted by Gasteiger charge is -2.12. The minimum atomic E-state index is 0.437. The maximum atomic E-state index is 6.15. The molecule has 1 fully saturated rings. The van der Waals surface area contributed by atoms with Gasteiger partial charge in [-0.05, 0) is 43.1 Å². The number of hydrogen-bond donors (Lipinski definition) is 1. The van der Waals surface area contributed by atoms with Crippen LogP contribution in [0.3, 0.4) is 0 Å². The Bertz CT molecular complexity index is 640. The molecule has 3 rings (SSSR count). The molecule has 3 heterocycles. The van der Waals surface area contributed by atoms with E-state index in [-0.39, 0.29) is 0 Å². The van der Waals surface area contributed by atoms with Crippen LogP contribution in [0.1, 0.15) is 24.0 Å². The van der Waals surface area contributed by atoms with Gasteiger partial charge in [0.25, 0.3) is 0 Å². The maximum Gasteiger partial charge on any atom is 0.138 e. The van der Waals surface area contributed by atoms with Gasteiger partial charge in [-0.15, -0.1) is 0 Å². The molecule has 1 aliphatic rings. The van der Waals surface area contributed by atoms with Gasteiger partial charge >= 0.3 is 0 Å². The first-order valence-electron chi connectivity index (χ1n) is 7.41. The fraction of sp³-hybridized carbons (Fsp3) is 0.294. The molecule has 2 aromatic heterocycles. The highest BCUT2D eigenvalue weighted by molar-refractivity contribution is 6.31. The lowest BCUT2D eigenvalue weighted by atomic mass is 10.2. The number of halogens is 1. The second-order valence-corrected chi connectivity index (χ2v) is 5.63. The molecule has 0 bridgehead atoms. The molecule has 0 spiro atoms. The van der Waals surface area contributed by atoms with Crippen molar-refractivity contribution < 1.29 is 4.74 Å². The molecular formula is C17H18ClN3O. The molecule has 0 aromatic carbocycles. The second kappa shape index (κ2) is 7.38. The van der Waals surface area contributed by atoms with Crippen molar-refractivity contribution in [2.24, 2.45) is 0 Å². The van der Waals surface area contributed by atoms with Crippen LogP contribution in [-0.4, -0.2) is 29.2 Å². The molecule has 1 aliphatic heterocycles. The van der Waals surface area contributed by atoms with Gasteiger partial charge in [-0.1, -0.05) is 23.8 Å². The third-order valence-corrected chi connectivity index (χ3v) is 3.93. The largest absolute Gasteiger partial charge is 0.490 e. The van der Waals surface area contributed by atoms with Crippen LogP contribution in [0.25, 0.3) is 12.2 Å². The van der Waals surface area contributed by atoms with E-state index in [4.69, 9.17) is 16.3 Å². The maximum absolute atomic E-state index is 6.15. The van der Waals surface area contributed by atoms with E-state index in [2.05, 4.69) is 15.3 Å². The number of ether oxygens (including phenoxy) is 1. The number of hydrogen-bond acceptors (Lipinski definition) is 4. The Labute approximate surface area is 135 Å². The monoisotopic (exact) mass is 315 g/mol. The Morgan fingerprint density at radius 1 is 1.32 bits per heavy atom. The van der Waals surface area contributed by atoms with Crippen molar-refractivity contribution >= 4 is 23.8 Å². The summed E-state index contributed by atoms with van der Waals surface area (Å²) >= 11 is 6.15. The van der Waals surface area contributed by atoms with E-state index in [0.29, 0.717) is 17.8 Å². The van der Waals surface area contributed by atoms with Crippen molar-refractivity contribution in [2.45, 2.75) is 18.9 Å². The van der Waals surface area contributed by atoms with E-state index < -0.39 is 0 Å². The van der Waals surface area contributed by atoms with Crippen LogP contribution in [0.2, 0.25) is 5.15 Å². The van der Waals surface area contributed by atoms with Crippen molar-refractivity contribution in [3.63, 3.8) is 0 Å². The first-order valence-corrected chi connectivity index (χ1v) is 7.79. The fourth-order valence-corrected chi connectivity index (χ4v) is 2.56. The lowest BCUT2D eigenvalue weighted by molar-refractivity contribution is 0.276. The summed E-state index contributed by atoms with van der Waals surface area (Å²) in [7, 11) is 0. The van der Waals surface area contributed by atoms with Crippen molar-refractivity contribution in [2.75, 3.05) is 13.2 Å². The summed E-state index contributed by atoms with van der Waals surface area (Å²) in [6, 6.07) is 6.22. The van der Waals surface area contributed by atoms with Gasteiger partial charge < -0.3 is 10.1 Å². The highest BCUT2D eigenvalue weighted by Gasteiger charge is 2.14. The Morgan fingerprint density at radius 2 is 2.18 bits per heavy atom. The number of pyridine rings is 2. The highest BCUT2D eigenvalue weighted by atomic mass is 35.5. The Hall–Kier alpha value is -1.91. The van der Waals surface area contributed by atoms with Crippen LogP contribution in [0.4, 0.5) is 0 Å². The molecule has 0 unspecified atom stereocenters. The van der Waals surface area contributed by atoms with Crippen molar-refractivity contribution in [1.82, 2.24) is 15.3 Å². The van der Waals surface area contributed by atoms with Gasteiger partial charge in [0.1, 0.15) is 17.5 Å². The summed E-state index contributed by atoms with van der Waals surface area (Å²) in [6.07, 6.45) is 11.5. The van der Waals surface area contributed by atoms with Gasteiger partial charge in [0.15, 0.2) is 0 Å². The minimum absolute atomic E-state index is 0.437. The van der Waals surface area contributed by atoms with Gasteiger partial charge in [-0.25, -0.2) is 4.98 Å². The Morgan fingerprint density at radius 3 is 2.95 bits per heavy atom. The van der Waals surface area contributed by atoms with E-state index in [1.807, 2.05) is 30.4 Å². The first kappa shape index (κ1) is 15.0. The van der Waals surface area contributed by atoms with Crippen LogP contribution in [-0.2, 0) is 0 Å². The van der Waals surface area contributed by atoms with Gasteiger partial charge in [0, 0.05) is 24.0 Å². The molecule has 0 amide bonds. The number of nitrogens with one attached hydrogen (secondary N) is 1. The lowest BCUT2D eigenvalue weighted by Crippen LogP contribution is -2.28. The zero-order chi connectivity index (χ0) is 15.2. The van der Waals surface area contributed by atoms with Crippen LogP contribution >= 0.6 is 11.6 Å². The van der Waals surface area contributed by atoms with E-state index in [0.717, 1.165) is 29.8 Å². The van der Waals surface area contributed by atoms with Gasteiger partial charge in [-0.3, -0.25) is 4.98 Å². The Kier molecular flexibility index (Phi) is 5.03. The number of aromatic nitrogens is 2. The predicted molar refractivity (Wildman–Crippen MR) is 88.9 cm³/mol. The van der Waals surface area contributed by atoms with Crippen molar-refractivity contribution in [3.05, 3.63) is 53.1 Å². The second-order valence-electron chi connectivity index (χ2n) is 5.27. The SMILES string of the molecule is Clc1ncc(OC[C@@H]2CCCN2)cc1/C=C/c1ccncc1. The third-order valence-electron chi connectivity index (χ3n) is 3.62. The average Bonchev–Trinajstić information content (AvgIpc) is 3.07. The smallest absolute Gasteiger partial charge is 0.138 e. The summed E-state index contributed by atoms with van der Waals surface area (Å²) in [5.41, 5.74) is 1.91. The van der Waals surface area contributed by atoms with E-state index in [1.54, 1.807) is 18.6 Å². The quantitative estimate of drug-likeness (QED) is 0.859. The molecule has 2 aromatic rings. The zero-order valence-electron chi connectivity index (χ0n) is 12.2. The van der Waals surface area contributed by atoms with E-state index in [9.17, 15) is 0 Å². The van der Waals surface area contributed by atoms with Gasteiger partial charge in [0.2, 0.25) is 0 Å². The molecule has 0 aliphatic carbocycles. The first-order chi connectivity index (χ1) is 10.8. The Balaban J connectivity index is 1.68. The molecule has 1 atom stereocenters. The molecule has 0 saturated carbocycles. The fourth-order valence-electron chi connectivity index (χ4n) is 2.40. The molecule has 22 heavy (non-hydrogen) atoms. The van der Waals surface area contributed by atoms with E-state index >= 15 is 0 Å². The van der Waals surface area contributed by atoms with Crippen molar-refractivity contribution in [3.8, 4) is 5.75 Å². The molecular weight excluding hydrogens is 298 g/mol. The normalized spacial score (nSPS) is 18.0. The molecule has 1 N–H and O–H groups in total. The van der Waals surface area contributed by atoms with Crippen LogP contribution in [0.15, 0.2) is 36.8 Å². The summed E-state index contributed by atoms with van der Waals surface area (Å²) in [4.78, 5) is 8.19. The summed E-state index contributed by atoms with van der Waals surface area (Å²) in [5, 5.41) is 3.88. The molecule has 1 saturated heterocycles. The molecule has 4 nitrogen and oxygen atoms in total. The summed E-state index contributed by atoms with van der Waals surface area (Å²) in [6.45, 7) is 1.74. The topological polar surface area (TPSA) is 47.0 Å². The summed E-state index contributed by atoms with van der Waals surface area (Å²) in [5.74, 6) is 0.743. The van der Waals surface area contributed by atoms with Crippen molar-refractivity contribution in [1.29, 1.82) is 0 Å². The molecule has 114 valence electrons. The zero-order valence-corrected chi connectivity index (χ0v) is 13.0. The summed E-state index contributed by atoms with van der Waals surface area (Å²) < 4.78 is 5.81. The van der Waals surface area contributed by atoms with Gasteiger partial charge in [-0.2, -0.15) is 0 Å². The predicted octanol–water partition coefficient (Wildman–Crippen LogP) is 3.43. The van der Waals surface area contributed by atoms with Gasteiger partial charge in [0.05, 0.1) is 6.20 Å². The standard InChI is InChI=1S/C17H18ClN3O/c18-17-14(4-3-13-5-8-19-9-6-13)10-16(11-21-17)22-12-15-2-1-7-20-15/h3-6,8-11,15,20H,1-2,7,12H2/b4-3+/t15-/m0/s1. The third kappa shape index (κ3) is 4.06. The highest BCUT2D eigenvalue weighted by Crippen LogP contribution is 2.22. The minimum Gasteiger partial charge on any atom is -0.490 e. The van der Waals surface area contributed by atoms with E-state index in [1.165, 1.54) is 6.42 Å². The number of rotatable bonds is 5. The van der Waals surface area contributed by atoms with Crippen LogP contribution < -0.4 is 10.1 Å². The van der Waals surface area contributed by atoms with Crippen LogP contribution in [0.5, 0.6) is 5.75 Å².